The summed E-state index contributed by atoms with van der Waals surface area (Å²) in [6, 6.07) is 6.67. The first-order valence-corrected chi connectivity index (χ1v) is 3.15. The van der Waals surface area contributed by atoms with Gasteiger partial charge in [-0.2, -0.15) is 0 Å². The highest BCUT2D eigenvalue weighted by molar-refractivity contribution is 5.51. The first kappa shape index (κ1) is 7.36. The predicted octanol–water partition coefficient (Wildman–Crippen LogP) is 2.28. The quantitative estimate of drug-likeness (QED) is 0.602. The molecule has 0 heterocycles. The molecule has 1 rings (SSSR count). The van der Waals surface area contributed by atoms with Gasteiger partial charge in [-0.05, 0) is 17.7 Å². The summed E-state index contributed by atoms with van der Waals surface area (Å²) in [6.45, 7) is 6.48. The van der Waals surface area contributed by atoms with Crippen molar-refractivity contribution in [1.29, 1.82) is 0 Å². The van der Waals surface area contributed by atoms with Gasteiger partial charge in [-0.3, -0.25) is 0 Å². The topological polar surface area (TPSA) is 24.6 Å². The highest BCUT2D eigenvalue weighted by atomic mass is 16.3. The van der Waals surface area contributed by atoms with Crippen LogP contribution in [0, 0.1) is 6.57 Å². The number of hydrogen-bond acceptors (Lipinski definition) is 1. The van der Waals surface area contributed by atoms with Gasteiger partial charge in [0.25, 0.3) is 0 Å². The monoisotopic (exact) mass is 145 g/mol. The molecule has 11 heavy (non-hydrogen) atoms. The second-order valence-electron chi connectivity index (χ2n) is 2.04. The number of benzene rings is 1. The largest absolute Gasteiger partial charge is 0.508 e. The molecule has 0 radical (unpaired) electrons. The lowest BCUT2D eigenvalue weighted by Gasteiger charge is -1.91. The molecule has 2 heteroatoms. The lowest BCUT2D eigenvalue weighted by Crippen LogP contribution is -1.68. The Balaban J connectivity index is 2.84. The normalized spacial score (nSPS) is 9.73. The Morgan fingerprint density at radius 2 is 1.91 bits per heavy atom. The van der Waals surface area contributed by atoms with Crippen LogP contribution < -0.4 is 0 Å². The molecular formula is C9H7NO. The fourth-order valence-corrected chi connectivity index (χ4v) is 0.709. The third-order valence-corrected chi connectivity index (χ3v) is 1.23. The van der Waals surface area contributed by atoms with Crippen LogP contribution in [0.4, 0.5) is 0 Å². The van der Waals surface area contributed by atoms with E-state index in [-0.39, 0.29) is 5.75 Å². The van der Waals surface area contributed by atoms with E-state index in [0.717, 1.165) is 5.56 Å². The van der Waals surface area contributed by atoms with Crippen LogP contribution in [0.2, 0.25) is 0 Å². The van der Waals surface area contributed by atoms with Gasteiger partial charge >= 0.3 is 0 Å². The average Bonchev–Trinajstić information content (AvgIpc) is 2.04. The molecule has 2 nitrogen and oxygen atoms in total. The van der Waals surface area contributed by atoms with E-state index in [4.69, 9.17) is 11.7 Å². The lowest BCUT2D eigenvalue weighted by molar-refractivity contribution is 0.475. The molecular weight excluding hydrogens is 138 g/mol. The molecule has 1 N–H and O–H groups in total. The molecule has 54 valence electrons. The Kier molecular flexibility index (Phi) is 2.29. The van der Waals surface area contributed by atoms with Crippen LogP contribution in [0.25, 0.3) is 10.9 Å². The van der Waals surface area contributed by atoms with Crippen molar-refractivity contribution in [2.24, 2.45) is 0 Å². The fraction of sp³-hybridized carbons (Fsp3) is 0. The van der Waals surface area contributed by atoms with Gasteiger partial charge < -0.3 is 5.11 Å². The molecule has 0 fully saturated rings. The molecule has 0 amide bonds. The molecule has 0 aliphatic heterocycles. The van der Waals surface area contributed by atoms with Crippen molar-refractivity contribution >= 4 is 6.08 Å². The maximum Gasteiger partial charge on any atom is 0.154 e. The van der Waals surface area contributed by atoms with Crippen LogP contribution in [-0.4, -0.2) is 5.11 Å². The molecule has 0 aliphatic carbocycles. The number of phenols is 1. The van der Waals surface area contributed by atoms with E-state index >= 15 is 0 Å². The van der Waals surface area contributed by atoms with Gasteiger partial charge in [0, 0.05) is 0 Å². The smallest absolute Gasteiger partial charge is 0.154 e. The predicted molar refractivity (Wildman–Crippen MR) is 43.7 cm³/mol. The van der Waals surface area contributed by atoms with Crippen LogP contribution in [0.5, 0.6) is 5.75 Å². The Bertz CT molecular complexity index is 292. The van der Waals surface area contributed by atoms with E-state index in [9.17, 15) is 0 Å². The Morgan fingerprint density at radius 1 is 1.27 bits per heavy atom. The van der Waals surface area contributed by atoms with E-state index in [2.05, 4.69) is 4.85 Å². The standard InChI is InChI=1S/C9H7NO/c1-10-7-6-8-2-4-9(11)5-3-8/h2-7,11H/b7-6+. The van der Waals surface area contributed by atoms with Crippen LogP contribution >= 0.6 is 0 Å². The molecule has 0 saturated carbocycles. The number of phenolic OH excluding ortho intramolecular Hbond substituents is 1. The summed E-state index contributed by atoms with van der Waals surface area (Å²) in [5, 5.41) is 8.90. The summed E-state index contributed by atoms with van der Waals surface area (Å²) >= 11 is 0. The zero-order valence-electron chi connectivity index (χ0n) is 5.86. The van der Waals surface area contributed by atoms with Gasteiger partial charge in [0.05, 0.1) is 6.57 Å². The van der Waals surface area contributed by atoms with E-state index in [1.165, 1.54) is 6.20 Å². The third-order valence-electron chi connectivity index (χ3n) is 1.23. The fourth-order valence-electron chi connectivity index (χ4n) is 0.709. The Labute approximate surface area is 65.2 Å². The molecule has 0 unspecified atom stereocenters. The zero-order valence-corrected chi connectivity index (χ0v) is 5.86. The maximum atomic E-state index is 8.90. The van der Waals surface area contributed by atoms with Crippen molar-refractivity contribution in [3.05, 3.63) is 47.4 Å². The minimum atomic E-state index is 0.241. The van der Waals surface area contributed by atoms with Crippen molar-refractivity contribution in [2.45, 2.75) is 0 Å². The average molecular weight is 145 g/mol. The highest BCUT2D eigenvalue weighted by Gasteiger charge is 1.85. The lowest BCUT2D eigenvalue weighted by atomic mass is 10.2. The summed E-state index contributed by atoms with van der Waals surface area (Å²) in [4.78, 5) is 3.06. The molecule has 1 aromatic rings. The number of nitrogens with zero attached hydrogens (tertiary/aromatic N) is 1. The highest BCUT2D eigenvalue weighted by Crippen LogP contribution is 2.10. The summed E-state index contributed by atoms with van der Waals surface area (Å²) in [5.41, 5.74) is 0.916. The Hall–Kier alpha value is -1.75. The second kappa shape index (κ2) is 3.43. The number of rotatable bonds is 1. The molecule has 1 aromatic carbocycles. The van der Waals surface area contributed by atoms with E-state index in [1.54, 1.807) is 30.3 Å². The first-order valence-electron chi connectivity index (χ1n) is 3.15. The van der Waals surface area contributed by atoms with Gasteiger partial charge in [0.1, 0.15) is 5.75 Å². The molecule has 0 aliphatic rings. The van der Waals surface area contributed by atoms with Crippen molar-refractivity contribution in [1.82, 2.24) is 0 Å². The SMILES string of the molecule is [C-]#[N+]/C=C/c1ccc(O)cc1. The van der Waals surface area contributed by atoms with E-state index in [0.29, 0.717) is 0 Å². The summed E-state index contributed by atoms with van der Waals surface area (Å²) < 4.78 is 0. The van der Waals surface area contributed by atoms with Gasteiger partial charge in [-0.1, -0.05) is 18.2 Å². The van der Waals surface area contributed by atoms with Gasteiger partial charge in [-0.25, -0.2) is 4.85 Å². The van der Waals surface area contributed by atoms with Crippen LogP contribution in [0.15, 0.2) is 30.5 Å². The summed E-state index contributed by atoms with van der Waals surface area (Å²) in [7, 11) is 0. The van der Waals surface area contributed by atoms with E-state index < -0.39 is 0 Å². The van der Waals surface area contributed by atoms with Crippen LogP contribution in [0.3, 0.4) is 0 Å². The first-order chi connectivity index (χ1) is 5.33. The number of aromatic hydroxyl groups is 1. The van der Waals surface area contributed by atoms with Crippen molar-refractivity contribution in [3.63, 3.8) is 0 Å². The zero-order chi connectivity index (χ0) is 8.10. The van der Waals surface area contributed by atoms with Gasteiger partial charge in [0.15, 0.2) is 6.20 Å². The molecule has 0 spiro atoms. The molecule has 0 bridgehead atoms. The Morgan fingerprint density at radius 3 is 2.45 bits per heavy atom. The maximum absolute atomic E-state index is 8.90. The van der Waals surface area contributed by atoms with Crippen molar-refractivity contribution < 1.29 is 5.11 Å². The van der Waals surface area contributed by atoms with Gasteiger partial charge in [0.2, 0.25) is 0 Å². The second-order valence-corrected chi connectivity index (χ2v) is 2.04. The summed E-state index contributed by atoms with van der Waals surface area (Å²) in [5.74, 6) is 0.241. The van der Waals surface area contributed by atoms with Crippen LogP contribution in [-0.2, 0) is 0 Å². The van der Waals surface area contributed by atoms with Crippen LogP contribution in [0.1, 0.15) is 5.56 Å². The van der Waals surface area contributed by atoms with Gasteiger partial charge in [-0.15, -0.1) is 0 Å². The summed E-state index contributed by atoms with van der Waals surface area (Å²) in [6.07, 6.45) is 3.07. The van der Waals surface area contributed by atoms with Crippen molar-refractivity contribution in [2.75, 3.05) is 0 Å². The van der Waals surface area contributed by atoms with E-state index in [1.807, 2.05) is 0 Å². The minimum absolute atomic E-state index is 0.241. The molecule has 0 atom stereocenters. The number of hydrogen-bond donors (Lipinski definition) is 1. The van der Waals surface area contributed by atoms with Crippen molar-refractivity contribution in [3.8, 4) is 5.75 Å². The molecule has 0 aromatic heterocycles. The molecule has 0 saturated heterocycles. The third kappa shape index (κ3) is 2.15. The minimum Gasteiger partial charge on any atom is -0.508 e.